The van der Waals surface area contributed by atoms with Gasteiger partial charge in [0.15, 0.2) is 12.7 Å². The van der Waals surface area contributed by atoms with Crippen molar-refractivity contribution in [3.8, 4) is 5.75 Å². The number of carbonyl (C=O) groups excluding carboxylic acids is 2. The topological polar surface area (TPSA) is 64.6 Å². The number of amides is 1. The number of benzene rings is 1. The van der Waals surface area contributed by atoms with Crippen molar-refractivity contribution in [1.82, 2.24) is 5.32 Å². The van der Waals surface area contributed by atoms with Crippen molar-refractivity contribution in [2.45, 2.75) is 39.3 Å². The molecule has 1 aromatic rings. The molecule has 0 aromatic heterocycles. The molecule has 116 valence electrons. The molecule has 0 aliphatic rings. The van der Waals surface area contributed by atoms with Gasteiger partial charge in [0.05, 0.1) is 0 Å². The molecule has 1 N–H and O–H groups in total. The van der Waals surface area contributed by atoms with E-state index in [1.807, 2.05) is 20.8 Å². The highest BCUT2D eigenvalue weighted by Gasteiger charge is 2.22. The van der Waals surface area contributed by atoms with Crippen LogP contribution in [0.1, 0.15) is 27.7 Å². The van der Waals surface area contributed by atoms with Crippen molar-refractivity contribution >= 4 is 27.8 Å². The van der Waals surface area contributed by atoms with Gasteiger partial charge in [-0.3, -0.25) is 4.79 Å². The van der Waals surface area contributed by atoms with Crippen molar-refractivity contribution in [3.63, 3.8) is 0 Å². The van der Waals surface area contributed by atoms with Crippen molar-refractivity contribution in [1.29, 1.82) is 0 Å². The molecular weight excluding hydrogens is 338 g/mol. The van der Waals surface area contributed by atoms with E-state index in [1.54, 1.807) is 24.3 Å². The van der Waals surface area contributed by atoms with Crippen LogP contribution in [0.5, 0.6) is 5.75 Å². The third-order valence-corrected chi connectivity index (χ3v) is 2.87. The van der Waals surface area contributed by atoms with Gasteiger partial charge in [-0.1, -0.05) is 15.9 Å². The highest BCUT2D eigenvalue weighted by molar-refractivity contribution is 9.10. The predicted octanol–water partition coefficient (Wildman–Crippen LogP) is 2.67. The molecule has 1 aromatic carbocycles. The maximum Gasteiger partial charge on any atom is 0.344 e. The van der Waals surface area contributed by atoms with Crippen LogP contribution in [0.25, 0.3) is 0 Å². The Labute approximate surface area is 133 Å². The second-order valence-electron chi connectivity index (χ2n) is 5.61. The first-order valence-corrected chi connectivity index (χ1v) is 7.36. The molecule has 0 saturated heterocycles. The zero-order valence-electron chi connectivity index (χ0n) is 12.6. The highest BCUT2D eigenvalue weighted by Crippen LogP contribution is 2.16. The molecule has 0 bridgehead atoms. The Morgan fingerprint density at radius 2 is 1.81 bits per heavy atom. The van der Waals surface area contributed by atoms with E-state index in [0.717, 1.165) is 4.47 Å². The summed E-state index contributed by atoms with van der Waals surface area (Å²) in [5.41, 5.74) is -0.369. The molecule has 5 nitrogen and oxygen atoms in total. The zero-order chi connectivity index (χ0) is 16.0. The Morgan fingerprint density at radius 3 is 2.33 bits per heavy atom. The minimum absolute atomic E-state index is 0.241. The van der Waals surface area contributed by atoms with Crippen molar-refractivity contribution in [2.24, 2.45) is 0 Å². The second-order valence-corrected chi connectivity index (χ2v) is 6.53. The molecule has 1 unspecified atom stereocenters. The summed E-state index contributed by atoms with van der Waals surface area (Å²) in [6.07, 6.45) is -0.856. The first kappa shape index (κ1) is 17.5. The third-order valence-electron chi connectivity index (χ3n) is 2.35. The molecule has 0 heterocycles. The van der Waals surface area contributed by atoms with Gasteiger partial charge >= 0.3 is 5.97 Å². The summed E-state index contributed by atoms with van der Waals surface area (Å²) in [7, 11) is 0. The van der Waals surface area contributed by atoms with E-state index in [9.17, 15) is 9.59 Å². The van der Waals surface area contributed by atoms with Crippen molar-refractivity contribution in [3.05, 3.63) is 28.7 Å². The molecular formula is C15H20BrNO4. The van der Waals surface area contributed by atoms with Gasteiger partial charge in [0.1, 0.15) is 5.75 Å². The summed E-state index contributed by atoms with van der Waals surface area (Å²) in [4.78, 5) is 23.4. The average molecular weight is 358 g/mol. The molecule has 0 saturated carbocycles. The fourth-order valence-corrected chi connectivity index (χ4v) is 1.69. The van der Waals surface area contributed by atoms with Gasteiger partial charge in [0.2, 0.25) is 0 Å². The molecule has 1 atom stereocenters. The van der Waals surface area contributed by atoms with Crippen LogP contribution in [0.2, 0.25) is 0 Å². The van der Waals surface area contributed by atoms with Crippen molar-refractivity contribution < 1.29 is 19.1 Å². The first-order valence-electron chi connectivity index (χ1n) is 6.57. The van der Waals surface area contributed by atoms with Crippen LogP contribution < -0.4 is 10.1 Å². The number of ether oxygens (including phenoxy) is 2. The number of rotatable bonds is 5. The van der Waals surface area contributed by atoms with Crippen LogP contribution in [0.3, 0.4) is 0 Å². The average Bonchev–Trinajstić information content (AvgIpc) is 2.36. The normalized spacial score (nSPS) is 12.4. The van der Waals surface area contributed by atoms with Crippen molar-refractivity contribution in [2.75, 3.05) is 6.61 Å². The number of halogens is 1. The number of esters is 1. The molecule has 0 spiro atoms. The SMILES string of the molecule is CC(OC(=O)COc1ccc(Br)cc1)C(=O)NC(C)(C)C. The highest BCUT2D eigenvalue weighted by atomic mass is 79.9. The quantitative estimate of drug-likeness (QED) is 0.822. The van der Waals surface area contributed by atoms with Gasteiger partial charge in [0, 0.05) is 10.0 Å². The van der Waals surface area contributed by atoms with Crippen LogP contribution in [0.4, 0.5) is 0 Å². The summed E-state index contributed by atoms with van der Waals surface area (Å²) in [5, 5.41) is 2.74. The summed E-state index contributed by atoms with van der Waals surface area (Å²) in [6, 6.07) is 7.07. The number of nitrogens with one attached hydrogen (secondary N) is 1. The minimum Gasteiger partial charge on any atom is -0.482 e. The summed E-state index contributed by atoms with van der Waals surface area (Å²) >= 11 is 3.31. The van der Waals surface area contributed by atoms with Gasteiger partial charge in [-0.25, -0.2) is 4.79 Å². The van der Waals surface area contributed by atoms with Gasteiger partial charge < -0.3 is 14.8 Å². The van der Waals surface area contributed by atoms with Crippen LogP contribution in [0.15, 0.2) is 28.7 Å². The molecule has 1 rings (SSSR count). The van der Waals surface area contributed by atoms with Gasteiger partial charge in [0.25, 0.3) is 5.91 Å². The van der Waals surface area contributed by atoms with E-state index in [2.05, 4.69) is 21.2 Å². The van der Waals surface area contributed by atoms with Gasteiger partial charge in [-0.15, -0.1) is 0 Å². The summed E-state index contributed by atoms with van der Waals surface area (Å²) < 4.78 is 11.2. The Morgan fingerprint density at radius 1 is 1.24 bits per heavy atom. The van der Waals surface area contributed by atoms with Crippen LogP contribution in [-0.4, -0.2) is 30.1 Å². The van der Waals surface area contributed by atoms with Crippen LogP contribution in [0, 0.1) is 0 Å². The Balaban J connectivity index is 2.39. The third kappa shape index (κ3) is 7.13. The van der Waals surface area contributed by atoms with Gasteiger partial charge in [-0.05, 0) is 52.0 Å². The van der Waals surface area contributed by atoms with Crippen LogP contribution in [-0.2, 0) is 14.3 Å². The Kier molecular flexibility index (Phi) is 6.20. The number of hydrogen-bond acceptors (Lipinski definition) is 4. The minimum atomic E-state index is -0.856. The predicted molar refractivity (Wildman–Crippen MR) is 83.1 cm³/mol. The number of hydrogen-bond donors (Lipinski definition) is 1. The molecule has 0 radical (unpaired) electrons. The van der Waals surface area contributed by atoms with E-state index in [-0.39, 0.29) is 18.1 Å². The van der Waals surface area contributed by atoms with E-state index in [1.165, 1.54) is 6.92 Å². The lowest BCUT2D eigenvalue weighted by Gasteiger charge is -2.23. The maximum atomic E-state index is 11.8. The lowest BCUT2D eigenvalue weighted by molar-refractivity contribution is -0.157. The summed E-state index contributed by atoms with van der Waals surface area (Å²) in [6.45, 7) is 6.86. The van der Waals surface area contributed by atoms with E-state index >= 15 is 0 Å². The zero-order valence-corrected chi connectivity index (χ0v) is 14.2. The number of carbonyl (C=O) groups is 2. The second kappa shape index (κ2) is 7.45. The van der Waals surface area contributed by atoms with Gasteiger partial charge in [-0.2, -0.15) is 0 Å². The fourth-order valence-electron chi connectivity index (χ4n) is 1.43. The summed E-state index contributed by atoms with van der Waals surface area (Å²) in [5.74, 6) is -0.365. The molecule has 0 aliphatic heterocycles. The largest absolute Gasteiger partial charge is 0.482 e. The monoisotopic (exact) mass is 357 g/mol. The molecule has 21 heavy (non-hydrogen) atoms. The standard InChI is InChI=1S/C15H20BrNO4/c1-10(14(19)17-15(2,3)4)21-13(18)9-20-12-7-5-11(16)6-8-12/h5-8,10H,9H2,1-4H3,(H,17,19). The lowest BCUT2D eigenvalue weighted by Crippen LogP contribution is -2.46. The molecule has 1 amide bonds. The maximum absolute atomic E-state index is 11.8. The molecule has 0 fully saturated rings. The van der Waals surface area contributed by atoms with E-state index < -0.39 is 12.1 Å². The molecule has 6 heteroatoms. The van der Waals surface area contributed by atoms with Crippen LogP contribution >= 0.6 is 15.9 Å². The Hall–Kier alpha value is -1.56. The first-order chi connectivity index (χ1) is 9.67. The van der Waals surface area contributed by atoms with E-state index in [4.69, 9.17) is 9.47 Å². The fraction of sp³-hybridized carbons (Fsp3) is 0.467. The lowest BCUT2D eigenvalue weighted by atomic mass is 10.1. The van der Waals surface area contributed by atoms with E-state index in [0.29, 0.717) is 5.75 Å². The Bertz CT molecular complexity index is 493. The molecule has 0 aliphatic carbocycles. The smallest absolute Gasteiger partial charge is 0.344 e.